The highest BCUT2D eigenvalue weighted by atomic mass is 15.2. The van der Waals surface area contributed by atoms with Crippen LogP contribution in [0.3, 0.4) is 0 Å². The molecule has 0 aliphatic carbocycles. The number of amidine groups is 1. The number of pyridine rings is 1. The van der Waals surface area contributed by atoms with Crippen LogP contribution in [0.4, 0.5) is 0 Å². The number of nitrogens with two attached hydrogens (primary N) is 1. The fourth-order valence-electron chi connectivity index (χ4n) is 1.24. The summed E-state index contributed by atoms with van der Waals surface area (Å²) >= 11 is 0. The molecule has 3 N–H and O–H groups in total. The highest BCUT2D eigenvalue weighted by Gasteiger charge is 2.01. The van der Waals surface area contributed by atoms with E-state index in [1.807, 2.05) is 22.6 Å². The van der Waals surface area contributed by atoms with Gasteiger partial charge in [0.25, 0.3) is 0 Å². The second kappa shape index (κ2) is 2.85. The number of nitrogens with zero attached hydrogens (tertiary/aromatic N) is 3. The highest BCUT2D eigenvalue weighted by molar-refractivity contribution is 5.79. The fraction of sp³-hybridized carbons (Fsp3) is 0.125. The van der Waals surface area contributed by atoms with Crippen LogP contribution in [0.1, 0.15) is 5.69 Å². The lowest BCUT2D eigenvalue weighted by Gasteiger charge is -2.01. The summed E-state index contributed by atoms with van der Waals surface area (Å²) in [5.41, 5.74) is 7.02. The van der Waals surface area contributed by atoms with Crippen molar-refractivity contribution in [3.05, 3.63) is 30.2 Å². The Kier molecular flexibility index (Phi) is 1.70. The zero-order valence-electron chi connectivity index (χ0n) is 6.94. The standard InChI is InChI=1S/C8H9N5/c9-7(10)4-6-2-1-3-8-12-11-5-13(6)8/h1-3,5H,4H2,(H3,9,10). The Balaban J connectivity index is 2.54. The molecule has 0 radical (unpaired) electrons. The number of nitrogens with one attached hydrogen (secondary N) is 1. The van der Waals surface area contributed by atoms with Crippen molar-refractivity contribution in [1.29, 1.82) is 5.41 Å². The number of hydrogen-bond acceptors (Lipinski definition) is 3. The first-order valence-electron chi connectivity index (χ1n) is 3.88. The van der Waals surface area contributed by atoms with Crippen molar-refractivity contribution >= 4 is 11.5 Å². The van der Waals surface area contributed by atoms with Gasteiger partial charge in [0.2, 0.25) is 0 Å². The molecule has 0 aromatic carbocycles. The van der Waals surface area contributed by atoms with Crippen LogP contribution in [0, 0.1) is 5.41 Å². The van der Waals surface area contributed by atoms with Gasteiger partial charge in [-0.25, -0.2) is 0 Å². The maximum Gasteiger partial charge on any atom is 0.160 e. The molecule has 5 heteroatoms. The first-order chi connectivity index (χ1) is 6.27. The maximum atomic E-state index is 7.18. The van der Waals surface area contributed by atoms with E-state index in [2.05, 4.69) is 10.2 Å². The zero-order valence-corrected chi connectivity index (χ0v) is 6.94. The third-order valence-corrected chi connectivity index (χ3v) is 1.79. The summed E-state index contributed by atoms with van der Waals surface area (Å²) in [6.07, 6.45) is 2.04. The first-order valence-corrected chi connectivity index (χ1v) is 3.88. The number of aromatic nitrogens is 3. The molecular formula is C8H9N5. The molecule has 2 aromatic heterocycles. The van der Waals surface area contributed by atoms with Crippen molar-refractivity contribution in [2.45, 2.75) is 6.42 Å². The van der Waals surface area contributed by atoms with E-state index in [4.69, 9.17) is 11.1 Å². The van der Waals surface area contributed by atoms with Crippen LogP contribution in [0.15, 0.2) is 24.5 Å². The number of fused-ring (bicyclic) bond motifs is 1. The molecule has 2 heterocycles. The predicted molar refractivity (Wildman–Crippen MR) is 48.6 cm³/mol. The van der Waals surface area contributed by atoms with Gasteiger partial charge in [0.15, 0.2) is 5.65 Å². The molecule has 0 spiro atoms. The lowest BCUT2D eigenvalue weighted by molar-refractivity contribution is 1.03. The lowest BCUT2D eigenvalue weighted by Crippen LogP contribution is -2.14. The van der Waals surface area contributed by atoms with Crippen LogP contribution in [0.5, 0.6) is 0 Å². The van der Waals surface area contributed by atoms with Crippen molar-refractivity contribution < 1.29 is 0 Å². The Bertz CT molecular complexity index is 444. The van der Waals surface area contributed by atoms with Crippen LogP contribution in [0.25, 0.3) is 5.65 Å². The molecule has 0 bridgehead atoms. The van der Waals surface area contributed by atoms with E-state index in [0.717, 1.165) is 11.3 Å². The molecule has 0 aliphatic heterocycles. The molecule has 0 saturated heterocycles. The van der Waals surface area contributed by atoms with Crippen molar-refractivity contribution in [3.8, 4) is 0 Å². The minimum atomic E-state index is 0.140. The zero-order chi connectivity index (χ0) is 9.26. The van der Waals surface area contributed by atoms with E-state index < -0.39 is 0 Å². The van der Waals surface area contributed by atoms with Gasteiger partial charge in [-0.3, -0.25) is 9.81 Å². The van der Waals surface area contributed by atoms with E-state index in [0.29, 0.717) is 6.42 Å². The molecule has 0 aliphatic rings. The average Bonchev–Trinajstić information content (AvgIpc) is 2.51. The second-order valence-electron chi connectivity index (χ2n) is 2.78. The monoisotopic (exact) mass is 175 g/mol. The summed E-state index contributed by atoms with van der Waals surface area (Å²) in [5, 5.41) is 14.8. The third kappa shape index (κ3) is 1.35. The molecule has 0 unspecified atom stereocenters. The van der Waals surface area contributed by atoms with Crippen molar-refractivity contribution in [1.82, 2.24) is 14.6 Å². The minimum Gasteiger partial charge on any atom is -0.387 e. The van der Waals surface area contributed by atoms with Crippen LogP contribution in [-0.2, 0) is 6.42 Å². The highest BCUT2D eigenvalue weighted by Crippen LogP contribution is 2.04. The van der Waals surface area contributed by atoms with Crippen LogP contribution >= 0.6 is 0 Å². The largest absolute Gasteiger partial charge is 0.387 e. The van der Waals surface area contributed by atoms with Crippen molar-refractivity contribution in [3.63, 3.8) is 0 Å². The molecule has 0 saturated carbocycles. The summed E-state index contributed by atoms with van der Waals surface area (Å²) in [7, 11) is 0. The molecule has 5 nitrogen and oxygen atoms in total. The smallest absolute Gasteiger partial charge is 0.160 e. The minimum absolute atomic E-state index is 0.140. The molecular weight excluding hydrogens is 166 g/mol. The number of hydrogen-bond donors (Lipinski definition) is 2. The average molecular weight is 175 g/mol. The maximum absolute atomic E-state index is 7.18. The lowest BCUT2D eigenvalue weighted by atomic mass is 10.2. The van der Waals surface area contributed by atoms with Gasteiger partial charge in [-0.05, 0) is 12.1 Å². The Labute approximate surface area is 74.7 Å². The van der Waals surface area contributed by atoms with Crippen LogP contribution < -0.4 is 5.73 Å². The van der Waals surface area contributed by atoms with Gasteiger partial charge in [0.05, 0.1) is 5.84 Å². The summed E-state index contributed by atoms with van der Waals surface area (Å²) in [5.74, 6) is 0.140. The molecule has 2 aromatic rings. The Morgan fingerprint density at radius 2 is 2.38 bits per heavy atom. The third-order valence-electron chi connectivity index (χ3n) is 1.79. The number of rotatable bonds is 2. The van der Waals surface area contributed by atoms with Gasteiger partial charge in [0, 0.05) is 12.1 Å². The summed E-state index contributed by atoms with van der Waals surface area (Å²) in [6.45, 7) is 0. The molecule has 66 valence electrons. The second-order valence-corrected chi connectivity index (χ2v) is 2.78. The van der Waals surface area contributed by atoms with Gasteiger partial charge in [-0.2, -0.15) is 0 Å². The quantitative estimate of drug-likeness (QED) is 0.505. The summed E-state index contributed by atoms with van der Waals surface area (Å²) < 4.78 is 1.82. The van der Waals surface area contributed by atoms with Crippen molar-refractivity contribution in [2.24, 2.45) is 5.73 Å². The van der Waals surface area contributed by atoms with Gasteiger partial charge in [-0.15, -0.1) is 10.2 Å². The molecule has 0 fully saturated rings. The van der Waals surface area contributed by atoms with Gasteiger partial charge in [-0.1, -0.05) is 6.07 Å². The van der Waals surface area contributed by atoms with Crippen LogP contribution in [0.2, 0.25) is 0 Å². The Morgan fingerprint density at radius 1 is 1.54 bits per heavy atom. The van der Waals surface area contributed by atoms with E-state index >= 15 is 0 Å². The first kappa shape index (κ1) is 7.72. The van der Waals surface area contributed by atoms with Gasteiger partial charge >= 0.3 is 0 Å². The molecule has 2 rings (SSSR count). The van der Waals surface area contributed by atoms with E-state index in [-0.39, 0.29) is 5.84 Å². The van der Waals surface area contributed by atoms with E-state index in [1.165, 1.54) is 0 Å². The normalized spacial score (nSPS) is 10.5. The topological polar surface area (TPSA) is 80.1 Å². The molecule has 13 heavy (non-hydrogen) atoms. The molecule has 0 atom stereocenters. The van der Waals surface area contributed by atoms with Gasteiger partial charge in [0.1, 0.15) is 6.33 Å². The van der Waals surface area contributed by atoms with E-state index in [9.17, 15) is 0 Å². The molecule has 0 amide bonds. The SMILES string of the molecule is N=C(N)Cc1cccc2nncn12. The van der Waals surface area contributed by atoms with Crippen molar-refractivity contribution in [2.75, 3.05) is 0 Å². The Morgan fingerprint density at radius 3 is 3.15 bits per heavy atom. The van der Waals surface area contributed by atoms with Crippen LogP contribution in [-0.4, -0.2) is 20.4 Å². The predicted octanol–water partition coefficient (Wildman–Crippen LogP) is 0.208. The van der Waals surface area contributed by atoms with Gasteiger partial charge < -0.3 is 5.73 Å². The summed E-state index contributed by atoms with van der Waals surface area (Å²) in [6, 6.07) is 5.64. The van der Waals surface area contributed by atoms with E-state index in [1.54, 1.807) is 6.33 Å². The Hall–Kier alpha value is -1.91. The fourth-order valence-corrected chi connectivity index (χ4v) is 1.24. The summed E-state index contributed by atoms with van der Waals surface area (Å²) in [4.78, 5) is 0.